The molecule has 0 aliphatic carbocycles. The van der Waals surface area contributed by atoms with Gasteiger partial charge >= 0.3 is 0 Å². The van der Waals surface area contributed by atoms with Gasteiger partial charge in [-0.05, 0) is 37.1 Å². The Balaban J connectivity index is 2.99. The van der Waals surface area contributed by atoms with Crippen LogP contribution in [0.15, 0.2) is 16.6 Å². The van der Waals surface area contributed by atoms with E-state index in [1.54, 1.807) is 14.2 Å². The molecule has 4 nitrogen and oxygen atoms in total. The standard InChI is InChI=1S/C12H19BrN2O2/c1-16-11-6-8(10(15)4-3-5-14)9(13)7-12(11)17-2/h6-7,10H,3-5,14-15H2,1-2H3/t10-/m1/s1. The van der Waals surface area contributed by atoms with Gasteiger partial charge in [0.15, 0.2) is 11.5 Å². The highest BCUT2D eigenvalue weighted by molar-refractivity contribution is 9.10. The van der Waals surface area contributed by atoms with E-state index < -0.39 is 0 Å². The Morgan fingerprint density at radius 3 is 2.35 bits per heavy atom. The molecule has 0 aromatic heterocycles. The predicted molar refractivity (Wildman–Crippen MR) is 72.5 cm³/mol. The van der Waals surface area contributed by atoms with Crippen LogP contribution in [0.4, 0.5) is 0 Å². The molecule has 1 aromatic carbocycles. The summed E-state index contributed by atoms with van der Waals surface area (Å²) in [6.45, 7) is 0.651. The first kappa shape index (κ1) is 14.3. The van der Waals surface area contributed by atoms with Crippen molar-refractivity contribution in [2.24, 2.45) is 11.5 Å². The molecule has 5 heteroatoms. The molecule has 0 aliphatic rings. The minimum atomic E-state index is -0.0484. The first-order valence-electron chi connectivity index (χ1n) is 5.51. The van der Waals surface area contributed by atoms with Gasteiger partial charge in [0.1, 0.15) is 0 Å². The third-order valence-electron chi connectivity index (χ3n) is 2.62. The summed E-state index contributed by atoms with van der Waals surface area (Å²) < 4.78 is 11.4. The maximum absolute atomic E-state index is 6.12. The summed E-state index contributed by atoms with van der Waals surface area (Å²) >= 11 is 3.50. The topological polar surface area (TPSA) is 70.5 Å². The Morgan fingerprint density at radius 1 is 1.24 bits per heavy atom. The van der Waals surface area contributed by atoms with Crippen molar-refractivity contribution in [1.29, 1.82) is 0 Å². The molecule has 0 aliphatic heterocycles. The third-order valence-corrected chi connectivity index (χ3v) is 3.31. The van der Waals surface area contributed by atoms with Gasteiger partial charge in [-0.1, -0.05) is 15.9 Å². The highest BCUT2D eigenvalue weighted by Crippen LogP contribution is 2.36. The van der Waals surface area contributed by atoms with Crippen LogP contribution in [0.1, 0.15) is 24.4 Å². The van der Waals surface area contributed by atoms with Crippen LogP contribution < -0.4 is 20.9 Å². The molecule has 0 unspecified atom stereocenters. The number of hydrogen-bond donors (Lipinski definition) is 2. The van der Waals surface area contributed by atoms with Gasteiger partial charge in [0.25, 0.3) is 0 Å². The van der Waals surface area contributed by atoms with E-state index in [4.69, 9.17) is 20.9 Å². The summed E-state index contributed by atoms with van der Waals surface area (Å²) in [7, 11) is 3.22. The minimum absolute atomic E-state index is 0.0484. The molecule has 0 bridgehead atoms. The molecule has 4 N–H and O–H groups in total. The molecule has 1 rings (SSSR count). The second-order valence-electron chi connectivity index (χ2n) is 3.77. The zero-order valence-electron chi connectivity index (χ0n) is 10.2. The van der Waals surface area contributed by atoms with Crippen LogP contribution >= 0.6 is 15.9 Å². The van der Waals surface area contributed by atoms with Gasteiger partial charge in [-0.2, -0.15) is 0 Å². The largest absolute Gasteiger partial charge is 0.493 e. The van der Waals surface area contributed by atoms with Gasteiger partial charge in [0.2, 0.25) is 0 Å². The van der Waals surface area contributed by atoms with E-state index >= 15 is 0 Å². The minimum Gasteiger partial charge on any atom is -0.493 e. The molecule has 0 saturated heterocycles. The van der Waals surface area contributed by atoms with Gasteiger partial charge in [0.05, 0.1) is 14.2 Å². The summed E-state index contributed by atoms with van der Waals surface area (Å²) in [6.07, 6.45) is 1.76. The zero-order chi connectivity index (χ0) is 12.8. The van der Waals surface area contributed by atoms with Crippen molar-refractivity contribution in [2.45, 2.75) is 18.9 Å². The maximum atomic E-state index is 6.12. The number of ether oxygens (including phenoxy) is 2. The van der Waals surface area contributed by atoms with E-state index in [0.717, 1.165) is 22.9 Å². The van der Waals surface area contributed by atoms with Gasteiger partial charge < -0.3 is 20.9 Å². The highest BCUT2D eigenvalue weighted by atomic mass is 79.9. The molecule has 17 heavy (non-hydrogen) atoms. The normalized spacial score (nSPS) is 12.3. The number of nitrogens with two attached hydrogens (primary N) is 2. The second kappa shape index (κ2) is 6.83. The van der Waals surface area contributed by atoms with Crippen molar-refractivity contribution >= 4 is 15.9 Å². The number of hydrogen-bond acceptors (Lipinski definition) is 4. The van der Waals surface area contributed by atoms with E-state index in [-0.39, 0.29) is 6.04 Å². The quantitative estimate of drug-likeness (QED) is 0.845. The van der Waals surface area contributed by atoms with Crippen LogP contribution in [0, 0.1) is 0 Å². The monoisotopic (exact) mass is 302 g/mol. The van der Waals surface area contributed by atoms with Crippen molar-refractivity contribution < 1.29 is 9.47 Å². The molecular formula is C12H19BrN2O2. The molecule has 0 fully saturated rings. The van der Waals surface area contributed by atoms with Crippen LogP contribution in [-0.4, -0.2) is 20.8 Å². The van der Waals surface area contributed by atoms with Gasteiger partial charge in [-0.25, -0.2) is 0 Å². The number of rotatable bonds is 6. The zero-order valence-corrected chi connectivity index (χ0v) is 11.8. The van der Waals surface area contributed by atoms with E-state index in [1.165, 1.54) is 0 Å². The Labute approximate surface area is 110 Å². The van der Waals surface area contributed by atoms with E-state index in [9.17, 15) is 0 Å². The maximum Gasteiger partial charge on any atom is 0.161 e. The number of methoxy groups -OCH3 is 2. The van der Waals surface area contributed by atoms with E-state index in [2.05, 4.69) is 15.9 Å². The molecule has 1 aromatic rings. The van der Waals surface area contributed by atoms with Crippen LogP contribution in [0.5, 0.6) is 11.5 Å². The Bertz CT molecular complexity index is 372. The summed E-state index contributed by atoms with van der Waals surface area (Å²) in [5, 5.41) is 0. The van der Waals surface area contributed by atoms with Crippen LogP contribution in [-0.2, 0) is 0 Å². The molecule has 96 valence electrons. The summed E-state index contributed by atoms with van der Waals surface area (Å²) in [6, 6.07) is 3.73. The molecule has 1 atom stereocenters. The van der Waals surface area contributed by atoms with Gasteiger partial charge in [-0.3, -0.25) is 0 Å². The third kappa shape index (κ3) is 3.59. The molecule has 0 saturated carbocycles. The number of benzene rings is 1. The molecule has 0 amide bonds. The average Bonchev–Trinajstić information content (AvgIpc) is 2.35. The predicted octanol–water partition coefficient (Wildman–Crippen LogP) is 2.21. The van der Waals surface area contributed by atoms with Crippen molar-refractivity contribution in [1.82, 2.24) is 0 Å². The van der Waals surface area contributed by atoms with Crippen LogP contribution in [0.3, 0.4) is 0 Å². The smallest absolute Gasteiger partial charge is 0.161 e. The van der Waals surface area contributed by atoms with E-state index in [0.29, 0.717) is 18.0 Å². The fourth-order valence-corrected chi connectivity index (χ4v) is 2.26. The van der Waals surface area contributed by atoms with Crippen molar-refractivity contribution in [2.75, 3.05) is 20.8 Å². The van der Waals surface area contributed by atoms with Crippen molar-refractivity contribution in [3.05, 3.63) is 22.2 Å². The molecular weight excluding hydrogens is 284 g/mol. The fourth-order valence-electron chi connectivity index (χ4n) is 1.65. The Kier molecular flexibility index (Phi) is 5.74. The fraction of sp³-hybridized carbons (Fsp3) is 0.500. The Hall–Kier alpha value is -0.780. The Morgan fingerprint density at radius 2 is 1.82 bits per heavy atom. The molecule has 0 spiro atoms. The lowest BCUT2D eigenvalue weighted by Gasteiger charge is -2.16. The highest BCUT2D eigenvalue weighted by Gasteiger charge is 2.14. The van der Waals surface area contributed by atoms with Crippen LogP contribution in [0.2, 0.25) is 0 Å². The lowest BCUT2D eigenvalue weighted by molar-refractivity contribution is 0.353. The first-order chi connectivity index (χ1) is 8.13. The summed E-state index contributed by atoms with van der Waals surface area (Å²) in [4.78, 5) is 0. The van der Waals surface area contributed by atoms with Crippen molar-refractivity contribution in [3.8, 4) is 11.5 Å². The molecule has 0 heterocycles. The van der Waals surface area contributed by atoms with Gasteiger partial charge in [0, 0.05) is 10.5 Å². The van der Waals surface area contributed by atoms with Crippen LogP contribution in [0.25, 0.3) is 0 Å². The second-order valence-corrected chi connectivity index (χ2v) is 4.62. The lowest BCUT2D eigenvalue weighted by atomic mass is 10.0. The summed E-state index contributed by atoms with van der Waals surface area (Å²) in [5.41, 5.74) is 12.6. The lowest BCUT2D eigenvalue weighted by Crippen LogP contribution is -2.13. The summed E-state index contributed by atoms with van der Waals surface area (Å²) in [5.74, 6) is 1.38. The van der Waals surface area contributed by atoms with Crippen molar-refractivity contribution in [3.63, 3.8) is 0 Å². The van der Waals surface area contributed by atoms with E-state index in [1.807, 2.05) is 12.1 Å². The first-order valence-corrected chi connectivity index (χ1v) is 6.30. The average molecular weight is 303 g/mol. The van der Waals surface area contributed by atoms with Gasteiger partial charge in [-0.15, -0.1) is 0 Å². The SMILES string of the molecule is COc1cc(Br)c([C@H](N)CCCN)cc1OC. The number of halogens is 1. The molecule has 0 radical (unpaired) electrons.